The highest BCUT2D eigenvalue weighted by Gasteiger charge is 2.11. The fourth-order valence-corrected chi connectivity index (χ4v) is 2.34. The van der Waals surface area contributed by atoms with E-state index in [1.807, 2.05) is 0 Å². The summed E-state index contributed by atoms with van der Waals surface area (Å²) in [6, 6.07) is 4.36. The second-order valence-electron chi connectivity index (χ2n) is 2.76. The summed E-state index contributed by atoms with van der Waals surface area (Å²) in [5.41, 5.74) is 0. The number of thiophene rings is 1. The molecule has 2 nitrogen and oxygen atoms in total. The van der Waals surface area contributed by atoms with E-state index in [-0.39, 0.29) is 4.88 Å². The Labute approximate surface area is 88.4 Å². The normalized spacial score (nSPS) is 10.7. The Kier molecular flexibility index (Phi) is 2.20. The molecule has 14 heavy (non-hydrogen) atoms. The van der Waals surface area contributed by atoms with Gasteiger partial charge in [0, 0.05) is 4.90 Å². The van der Waals surface area contributed by atoms with Crippen LogP contribution in [0.2, 0.25) is 0 Å². The molecule has 0 radical (unpaired) electrons. The van der Waals surface area contributed by atoms with E-state index < -0.39 is 11.8 Å². The molecule has 0 bridgehead atoms. The average Bonchev–Trinajstić information content (AvgIpc) is 2.47. The van der Waals surface area contributed by atoms with Crippen molar-refractivity contribution in [3.63, 3.8) is 0 Å². The second kappa shape index (κ2) is 3.25. The lowest BCUT2D eigenvalue weighted by atomic mass is 10.2. The van der Waals surface area contributed by atoms with Crippen molar-refractivity contribution in [3.8, 4) is 0 Å². The van der Waals surface area contributed by atoms with Crippen molar-refractivity contribution in [1.29, 1.82) is 0 Å². The first-order valence-corrected chi connectivity index (χ1v) is 4.99. The second-order valence-corrected chi connectivity index (χ2v) is 4.33. The average molecular weight is 228 g/mol. The Bertz CT molecular complexity index is 519. The van der Waals surface area contributed by atoms with Gasteiger partial charge in [-0.1, -0.05) is 0 Å². The Hall–Kier alpha value is -1.07. The highest BCUT2D eigenvalue weighted by Crippen LogP contribution is 2.30. The molecule has 0 saturated heterocycles. The molecule has 0 aliphatic heterocycles. The number of hydrogen-bond acceptors (Lipinski definition) is 3. The molecule has 0 saturated carbocycles. The van der Waals surface area contributed by atoms with Crippen molar-refractivity contribution < 1.29 is 14.3 Å². The summed E-state index contributed by atoms with van der Waals surface area (Å²) >= 11 is 4.94. The third kappa shape index (κ3) is 1.49. The summed E-state index contributed by atoms with van der Waals surface area (Å²) in [4.78, 5) is 11.3. The lowest BCUT2D eigenvalue weighted by Crippen LogP contribution is -1.89. The Balaban J connectivity index is 2.76. The van der Waals surface area contributed by atoms with Gasteiger partial charge in [0.1, 0.15) is 10.7 Å². The van der Waals surface area contributed by atoms with Crippen LogP contribution in [0.25, 0.3) is 10.1 Å². The molecule has 2 rings (SSSR count). The number of carboxylic acids is 1. The minimum Gasteiger partial charge on any atom is -0.477 e. The molecule has 1 heterocycles. The van der Waals surface area contributed by atoms with Gasteiger partial charge >= 0.3 is 5.97 Å². The van der Waals surface area contributed by atoms with E-state index in [2.05, 4.69) is 12.6 Å². The van der Waals surface area contributed by atoms with Gasteiger partial charge in [0.25, 0.3) is 0 Å². The monoisotopic (exact) mass is 228 g/mol. The van der Waals surface area contributed by atoms with E-state index in [1.165, 1.54) is 12.1 Å². The van der Waals surface area contributed by atoms with E-state index in [9.17, 15) is 9.18 Å². The lowest BCUT2D eigenvalue weighted by Gasteiger charge is -1.93. The van der Waals surface area contributed by atoms with Crippen molar-refractivity contribution in [2.45, 2.75) is 4.90 Å². The quantitative estimate of drug-likeness (QED) is 0.736. The van der Waals surface area contributed by atoms with Crippen molar-refractivity contribution in [2.24, 2.45) is 0 Å². The fourth-order valence-electron chi connectivity index (χ4n) is 1.20. The third-order valence-corrected chi connectivity index (χ3v) is 3.17. The molecule has 72 valence electrons. The molecular weight excluding hydrogens is 223 g/mol. The first-order valence-electron chi connectivity index (χ1n) is 3.73. The SMILES string of the molecule is O=C(O)c1cc2cc(S)cc(F)c2s1. The van der Waals surface area contributed by atoms with Crippen LogP contribution in [0.15, 0.2) is 23.1 Å². The minimum atomic E-state index is -1.04. The molecule has 0 fully saturated rings. The Morgan fingerprint density at radius 1 is 1.43 bits per heavy atom. The smallest absolute Gasteiger partial charge is 0.345 e. The summed E-state index contributed by atoms with van der Waals surface area (Å²) in [6.07, 6.45) is 0. The largest absolute Gasteiger partial charge is 0.477 e. The van der Waals surface area contributed by atoms with Crippen LogP contribution < -0.4 is 0 Å². The molecule has 1 aromatic heterocycles. The minimum absolute atomic E-state index is 0.137. The zero-order valence-corrected chi connectivity index (χ0v) is 8.53. The van der Waals surface area contributed by atoms with Crippen LogP contribution in [0.3, 0.4) is 0 Å². The van der Waals surface area contributed by atoms with Crippen molar-refractivity contribution in [2.75, 3.05) is 0 Å². The Morgan fingerprint density at radius 3 is 2.79 bits per heavy atom. The summed E-state index contributed by atoms with van der Waals surface area (Å²) in [6.45, 7) is 0. The van der Waals surface area contributed by atoms with Crippen molar-refractivity contribution in [1.82, 2.24) is 0 Å². The van der Waals surface area contributed by atoms with E-state index in [4.69, 9.17) is 5.11 Å². The topological polar surface area (TPSA) is 37.3 Å². The van der Waals surface area contributed by atoms with E-state index in [0.29, 0.717) is 15.0 Å². The number of thiol groups is 1. The number of halogens is 1. The molecule has 0 atom stereocenters. The van der Waals surface area contributed by atoms with Gasteiger partial charge in [-0.05, 0) is 23.6 Å². The van der Waals surface area contributed by atoms with Crippen LogP contribution in [0.4, 0.5) is 4.39 Å². The molecule has 0 aliphatic carbocycles. The Morgan fingerprint density at radius 2 is 2.14 bits per heavy atom. The van der Waals surface area contributed by atoms with E-state index in [0.717, 1.165) is 11.3 Å². The molecule has 0 unspecified atom stereocenters. The molecule has 2 aromatic rings. The zero-order valence-electron chi connectivity index (χ0n) is 6.82. The van der Waals surface area contributed by atoms with Crippen LogP contribution in [0.5, 0.6) is 0 Å². The van der Waals surface area contributed by atoms with Gasteiger partial charge < -0.3 is 5.11 Å². The van der Waals surface area contributed by atoms with Crippen LogP contribution in [0, 0.1) is 5.82 Å². The van der Waals surface area contributed by atoms with Gasteiger partial charge in [-0.2, -0.15) is 0 Å². The fraction of sp³-hybridized carbons (Fsp3) is 0. The highest BCUT2D eigenvalue weighted by atomic mass is 32.1. The van der Waals surface area contributed by atoms with Gasteiger partial charge in [-0.25, -0.2) is 9.18 Å². The maximum atomic E-state index is 13.3. The number of benzene rings is 1. The maximum absolute atomic E-state index is 13.3. The number of carboxylic acid groups (broad SMARTS) is 1. The number of hydrogen-bond donors (Lipinski definition) is 2. The van der Waals surface area contributed by atoms with Crippen LogP contribution in [-0.4, -0.2) is 11.1 Å². The predicted molar refractivity (Wildman–Crippen MR) is 56.0 cm³/mol. The number of rotatable bonds is 1. The molecule has 0 spiro atoms. The predicted octanol–water partition coefficient (Wildman–Crippen LogP) is 3.03. The molecule has 1 N–H and O–H groups in total. The maximum Gasteiger partial charge on any atom is 0.345 e. The van der Waals surface area contributed by atoms with Gasteiger partial charge in [-0.15, -0.1) is 24.0 Å². The van der Waals surface area contributed by atoms with Crippen LogP contribution in [-0.2, 0) is 0 Å². The first-order chi connectivity index (χ1) is 6.58. The van der Waals surface area contributed by atoms with Gasteiger partial charge in [0.05, 0.1) is 4.70 Å². The number of aromatic carboxylic acids is 1. The molecule has 5 heteroatoms. The van der Waals surface area contributed by atoms with Crippen LogP contribution >= 0.6 is 24.0 Å². The van der Waals surface area contributed by atoms with Crippen LogP contribution in [0.1, 0.15) is 9.67 Å². The van der Waals surface area contributed by atoms with Gasteiger partial charge in [-0.3, -0.25) is 0 Å². The molecular formula is C9H5FO2S2. The summed E-state index contributed by atoms with van der Waals surface area (Å²) in [7, 11) is 0. The van der Waals surface area contributed by atoms with E-state index in [1.54, 1.807) is 6.07 Å². The third-order valence-electron chi connectivity index (χ3n) is 1.77. The zero-order chi connectivity index (χ0) is 10.3. The van der Waals surface area contributed by atoms with E-state index >= 15 is 0 Å². The van der Waals surface area contributed by atoms with Crippen molar-refractivity contribution in [3.05, 3.63) is 28.9 Å². The number of fused-ring (bicyclic) bond motifs is 1. The molecule has 0 aliphatic rings. The van der Waals surface area contributed by atoms with Gasteiger partial charge in [0.2, 0.25) is 0 Å². The van der Waals surface area contributed by atoms with Crippen molar-refractivity contribution >= 4 is 40.0 Å². The molecule has 0 amide bonds. The summed E-state index contributed by atoms with van der Waals surface area (Å²) < 4.78 is 13.7. The van der Waals surface area contributed by atoms with Gasteiger partial charge in [0.15, 0.2) is 0 Å². The summed E-state index contributed by atoms with van der Waals surface area (Å²) in [5, 5.41) is 9.30. The first kappa shape index (κ1) is 9.48. The highest BCUT2D eigenvalue weighted by molar-refractivity contribution is 7.80. The standard InChI is InChI=1S/C9H5FO2S2/c10-6-3-5(13)1-4-2-7(9(11)12)14-8(4)6/h1-3,13H,(H,11,12). The summed E-state index contributed by atoms with van der Waals surface area (Å²) in [5.74, 6) is -1.46. The lowest BCUT2D eigenvalue weighted by molar-refractivity contribution is 0.0702. The number of carbonyl (C=O) groups is 1. The molecule has 1 aromatic carbocycles.